The van der Waals surface area contributed by atoms with Crippen molar-refractivity contribution in [3.8, 4) is 0 Å². The number of hydrogen-bond acceptors (Lipinski definition) is 6. The van der Waals surface area contributed by atoms with Crippen LogP contribution in [0.3, 0.4) is 0 Å². The maximum absolute atomic E-state index is 12.0. The van der Waals surface area contributed by atoms with Gasteiger partial charge >= 0.3 is 11.9 Å². The predicted molar refractivity (Wildman–Crippen MR) is 58.5 cm³/mol. The summed E-state index contributed by atoms with van der Waals surface area (Å²) in [6.45, 7) is 3.19. The van der Waals surface area contributed by atoms with Crippen molar-refractivity contribution in [3.05, 3.63) is 0 Å². The average Bonchev–Trinajstić information content (AvgIpc) is 2.69. The van der Waals surface area contributed by atoms with E-state index in [1.165, 1.54) is 21.1 Å². The molecule has 2 aliphatic rings. The van der Waals surface area contributed by atoms with Gasteiger partial charge in [0, 0.05) is 6.42 Å². The molecule has 0 radical (unpaired) electrons. The average molecular weight is 256 g/mol. The van der Waals surface area contributed by atoms with Gasteiger partial charge in [-0.25, -0.2) is 0 Å². The van der Waals surface area contributed by atoms with Gasteiger partial charge in [0.25, 0.3) is 0 Å². The van der Waals surface area contributed by atoms with Gasteiger partial charge in [-0.15, -0.1) is 0 Å². The molecule has 0 amide bonds. The van der Waals surface area contributed by atoms with Gasteiger partial charge < -0.3 is 14.2 Å². The van der Waals surface area contributed by atoms with Gasteiger partial charge in [0.05, 0.1) is 19.8 Å². The van der Waals surface area contributed by atoms with Crippen LogP contribution < -0.4 is 0 Å². The number of carbonyl (C=O) groups is 3. The highest BCUT2D eigenvalue weighted by Gasteiger charge is 2.72. The van der Waals surface area contributed by atoms with Gasteiger partial charge in [0.15, 0.2) is 5.78 Å². The minimum Gasteiger partial charge on any atom is -0.469 e. The summed E-state index contributed by atoms with van der Waals surface area (Å²) in [6.07, 6.45) is 0.108. The molecule has 0 aliphatic carbocycles. The fourth-order valence-corrected chi connectivity index (χ4v) is 3.15. The summed E-state index contributed by atoms with van der Waals surface area (Å²) in [4.78, 5) is 35.7. The molecule has 2 aliphatic heterocycles. The Morgan fingerprint density at radius 2 is 1.67 bits per heavy atom. The van der Waals surface area contributed by atoms with Crippen molar-refractivity contribution in [1.82, 2.24) is 0 Å². The van der Waals surface area contributed by atoms with E-state index in [9.17, 15) is 14.4 Å². The van der Waals surface area contributed by atoms with Crippen LogP contribution in [0.15, 0.2) is 0 Å². The molecule has 0 aromatic heterocycles. The molecule has 18 heavy (non-hydrogen) atoms. The van der Waals surface area contributed by atoms with Crippen molar-refractivity contribution >= 4 is 17.7 Å². The second-order valence-corrected chi connectivity index (χ2v) is 5.12. The molecule has 0 aromatic carbocycles. The molecule has 2 heterocycles. The lowest BCUT2D eigenvalue weighted by Crippen LogP contribution is -2.51. The van der Waals surface area contributed by atoms with Crippen LogP contribution in [0, 0.1) is 11.8 Å². The van der Waals surface area contributed by atoms with Crippen molar-refractivity contribution in [2.75, 3.05) is 14.2 Å². The topological polar surface area (TPSA) is 78.9 Å². The van der Waals surface area contributed by atoms with Crippen LogP contribution in [0.1, 0.15) is 20.3 Å². The second-order valence-electron chi connectivity index (χ2n) is 5.12. The zero-order valence-corrected chi connectivity index (χ0v) is 10.8. The number of ketones is 1. The second kappa shape index (κ2) is 3.78. The highest BCUT2D eigenvalue weighted by molar-refractivity contribution is 6.00. The van der Waals surface area contributed by atoms with E-state index in [0.29, 0.717) is 0 Å². The first-order valence-corrected chi connectivity index (χ1v) is 5.69. The summed E-state index contributed by atoms with van der Waals surface area (Å²) in [6, 6.07) is 0. The van der Waals surface area contributed by atoms with E-state index in [0.717, 1.165) is 0 Å². The van der Waals surface area contributed by atoms with Gasteiger partial charge in [-0.05, 0) is 13.8 Å². The first kappa shape index (κ1) is 13.0. The van der Waals surface area contributed by atoms with Crippen LogP contribution in [-0.4, -0.2) is 43.1 Å². The molecule has 0 aromatic rings. The Morgan fingerprint density at radius 3 is 2.17 bits per heavy atom. The smallest absolute Gasteiger partial charge is 0.313 e. The van der Waals surface area contributed by atoms with Crippen molar-refractivity contribution in [2.45, 2.75) is 31.5 Å². The Morgan fingerprint density at radius 1 is 1.17 bits per heavy atom. The van der Waals surface area contributed by atoms with Gasteiger partial charge in [-0.2, -0.15) is 0 Å². The van der Waals surface area contributed by atoms with Crippen LogP contribution in [0.2, 0.25) is 0 Å². The van der Waals surface area contributed by atoms with Crippen molar-refractivity contribution in [2.24, 2.45) is 11.8 Å². The van der Waals surface area contributed by atoms with E-state index in [-0.39, 0.29) is 12.2 Å². The normalized spacial score (nSPS) is 41.9. The Hall–Kier alpha value is -1.43. The Balaban J connectivity index is 2.49. The minimum atomic E-state index is -1.29. The Kier molecular flexibility index (Phi) is 2.73. The summed E-state index contributed by atoms with van der Waals surface area (Å²) >= 11 is 0. The molecule has 2 rings (SSSR count). The van der Waals surface area contributed by atoms with E-state index >= 15 is 0 Å². The largest absolute Gasteiger partial charge is 0.469 e. The third-order valence-electron chi connectivity index (χ3n) is 4.01. The molecule has 100 valence electrons. The molecule has 2 bridgehead atoms. The number of methoxy groups -OCH3 is 2. The first-order chi connectivity index (χ1) is 8.30. The van der Waals surface area contributed by atoms with Crippen molar-refractivity contribution in [3.63, 3.8) is 0 Å². The first-order valence-electron chi connectivity index (χ1n) is 5.69. The maximum Gasteiger partial charge on any atom is 0.313 e. The third kappa shape index (κ3) is 1.41. The fourth-order valence-electron chi connectivity index (χ4n) is 3.15. The number of fused-ring (bicyclic) bond motifs is 2. The molecular weight excluding hydrogens is 240 g/mol. The highest BCUT2D eigenvalue weighted by atomic mass is 16.6. The summed E-state index contributed by atoms with van der Waals surface area (Å²) in [7, 11) is 2.47. The van der Waals surface area contributed by atoms with Crippen LogP contribution in [-0.2, 0) is 28.6 Å². The molecular formula is C12H16O6. The Bertz CT molecular complexity index is 430. The SMILES string of the molecule is COC(=O)[C@@H]1[C@H](C(=O)OC)[C@]2(C)CC(=O)[C@]1(C)O2. The number of carbonyl (C=O) groups excluding carboxylic acids is 3. The summed E-state index contributed by atoms with van der Waals surface area (Å²) in [5.74, 6) is -3.10. The number of hydrogen-bond donors (Lipinski definition) is 0. The zero-order valence-electron chi connectivity index (χ0n) is 10.8. The van der Waals surface area contributed by atoms with E-state index in [2.05, 4.69) is 0 Å². The van der Waals surface area contributed by atoms with E-state index in [4.69, 9.17) is 14.2 Å². The van der Waals surface area contributed by atoms with Crippen molar-refractivity contribution in [1.29, 1.82) is 0 Å². The van der Waals surface area contributed by atoms with Crippen LogP contribution in [0.5, 0.6) is 0 Å². The summed E-state index contributed by atoms with van der Waals surface area (Å²) in [5.41, 5.74) is -2.28. The number of rotatable bonds is 2. The number of ether oxygens (including phenoxy) is 3. The molecule has 0 N–H and O–H groups in total. The number of Topliss-reactive ketones (excluding diaryl/α,β-unsaturated/α-hetero) is 1. The van der Waals surface area contributed by atoms with E-state index in [1.807, 2.05) is 0 Å². The molecule has 0 spiro atoms. The molecule has 0 saturated carbocycles. The van der Waals surface area contributed by atoms with Gasteiger partial charge in [-0.3, -0.25) is 14.4 Å². The van der Waals surface area contributed by atoms with Gasteiger partial charge in [0.2, 0.25) is 0 Å². The lowest BCUT2D eigenvalue weighted by Gasteiger charge is -2.31. The maximum atomic E-state index is 12.0. The molecule has 0 unspecified atom stereocenters. The summed E-state index contributed by atoms with van der Waals surface area (Å²) in [5, 5.41) is 0. The fraction of sp³-hybridized carbons (Fsp3) is 0.750. The van der Waals surface area contributed by atoms with Gasteiger partial charge in [0.1, 0.15) is 17.4 Å². The van der Waals surface area contributed by atoms with Crippen LogP contribution in [0.25, 0.3) is 0 Å². The quantitative estimate of drug-likeness (QED) is 0.651. The molecule has 6 nitrogen and oxygen atoms in total. The standard InChI is InChI=1S/C12H16O6/c1-11-5-6(13)12(2,18-11)8(10(15)17-4)7(11)9(14)16-3/h7-8H,5H2,1-4H3/t7-,8+,11+,12+/m1/s1. The van der Waals surface area contributed by atoms with Gasteiger partial charge in [-0.1, -0.05) is 0 Å². The van der Waals surface area contributed by atoms with E-state index < -0.39 is 35.0 Å². The Labute approximate surface area is 105 Å². The summed E-state index contributed by atoms with van der Waals surface area (Å²) < 4.78 is 15.1. The van der Waals surface area contributed by atoms with E-state index in [1.54, 1.807) is 6.92 Å². The van der Waals surface area contributed by atoms with Crippen LogP contribution in [0.4, 0.5) is 0 Å². The minimum absolute atomic E-state index is 0.108. The van der Waals surface area contributed by atoms with Crippen LogP contribution >= 0.6 is 0 Å². The monoisotopic (exact) mass is 256 g/mol. The highest BCUT2D eigenvalue weighted by Crippen LogP contribution is 2.56. The lowest BCUT2D eigenvalue weighted by atomic mass is 9.67. The zero-order chi connectivity index (χ0) is 13.7. The molecule has 2 fully saturated rings. The lowest BCUT2D eigenvalue weighted by molar-refractivity contribution is -0.162. The molecule has 2 saturated heterocycles. The molecule has 4 atom stereocenters. The number of esters is 2. The predicted octanol–water partition coefficient (Wildman–Crippen LogP) is 0.0852. The molecule has 6 heteroatoms. The third-order valence-corrected chi connectivity index (χ3v) is 4.01. The van der Waals surface area contributed by atoms with Crippen molar-refractivity contribution < 1.29 is 28.6 Å².